The first kappa shape index (κ1) is 11.7. The maximum absolute atomic E-state index is 4.16. The van der Waals surface area contributed by atoms with Crippen LogP contribution in [0.25, 0.3) is 0 Å². The summed E-state index contributed by atoms with van der Waals surface area (Å²) in [5, 5.41) is 3.22. The van der Waals surface area contributed by atoms with E-state index >= 15 is 0 Å². The van der Waals surface area contributed by atoms with Crippen LogP contribution < -0.4 is 5.32 Å². The lowest BCUT2D eigenvalue weighted by Crippen LogP contribution is -2.26. The van der Waals surface area contributed by atoms with E-state index in [0.717, 1.165) is 16.1 Å². The van der Waals surface area contributed by atoms with Gasteiger partial charge in [0.05, 0.1) is 0 Å². The van der Waals surface area contributed by atoms with Crippen LogP contribution in [-0.2, 0) is 0 Å². The molecule has 1 nitrogen and oxygen atoms in total. The van der Waals surface area contributed by atoms with Crippen molar-refractivity contribution in [1.29, 1.82) is 0 Å². The second kappa shape index (κ2) is 5.05. The zero-order chi connectivity index (χ0) is 11.5. The van der Waals surface area contributed by atoms with Crippen molar-refractivity contribution in [2.75, 3.05) is 7.05 Å². The molecule has 16 heavy (non-hydrogen) atoms. The van der Waals surface area contributed by atoms with Gasteiger partial charge in [-0.3, -0.25) is 0 Å². The van der Waals surface area contributed by atoms with E-state index in [1.165, 1.54) is 24.8 Å². The molecule has 1 aliphatic rings. The number of hydrogen-bond donors (Lipinski definition) is 1. The van der Waals surface area contributed by atoms with Gasteiger partial charge in [0.1, 0.15) is 0 Å². The van der Waals surface area contributed by atoms with Gasteiger partial charge in [0.25, 0.3) is 0 Å². The largest absolute Gasteiger partial charge is 0.391 e. The molecule has 2 heteroatoms. The first-order chi connectivity index (χ1) is 7.72. The van der Waals surface area contributed by atoms with E-state index in [1.807, 2.05) is 7.05 Å². The molecular weight excluding hydrogens is 262 g/mol. The van der Waals surface area contributed by atoms with Crippen LogP contribution in [-0.4, -0.2) is 7.05 Å². The predicted octanol–water partition coefficient (Wildman–Crippen LogP) is 4.07. The lowest BCUT2D eigenvalue weighted by Gasteiger charge is -2.35. The lowest BCUT2D eigenvalue weighted by molar-refractivity contribution is 0.277. The molecule has 1 N–H and O–H groups in total. The quantitative estimate of drug-likeness (QED) is 0.876. The van der Waals surface area contributed by atoms with Crippen LogP contribution in [0.4, 0.5) is 0 Å². The Morgan fingerprint density at radius 3 is 2.75 bits per heavy atom. The molecule has 1 saturated carbocycles. The van der Waals surface area contributed by atoms with Crippen LogP contribution in [0.2, 0.25) is 0 Å². The van der Waals surface area contributed by atoms with Gasteiger partial charge < -0.3 is 5.32 Å². The topological polar surface area (TPSA) is 12.0 Å². The molecule has 0 radical (unpaired) electrons. The Morgan fingerprint density at radius 2 is 2.25 bits per heavy atom. The van der Waals surface area contributed by atoms with Crippen molar-refractivity contribution in [2.24, 2.45) is 5.92 Å². The van der Waals surface area contributed by atoms with E-state index in [9.17, 15) is 0 Å². The molecule has 1 aliphatic carbocycles. The van der Waals surface area contributed by atoms with Crippen LogP contribution in [0.5, 0.6) is 0 Å². The number of halogens is 1. The summed E-state index contributed by atoms with van der Waals surface area (Å²) in [6.07, 6.45) is 4.03. The molecule has 1 aromatic rings. The minimum Gasteiger partial charge on any atom is -0.391 e. The number of rotatable bonds is 4. The van der Waals surface area contributed by atoms with Gasteiger partial charge >= 0.3 is 0 Å². The first-order valence-electron chi connectivity index (χ1n) is 5.84. The molecule has 1 atom stereocenters. The summed E-state index contributed by atoms with van der Waals surface area (Å²) in [7, 11) is 1.96. The number of benzene rings is 1. The Labute approximate surface area is 106 Å². The van der Waals surface area contributed by atoms with Crippen molar-refractivity contribution < 1.29 is 0 Å². The van der Waals surface area contributed by atoms with Gasteiger partial charge in [-0.2, -0.15) is 0 Å². The molecule has 0 saturated heterocycles. The van der Waals surface area contributed by atoms with E-state index in [4.69, 9.17) is 0 Å². The number of likely N-dealkylation sites (N-methyl/N-ethyl adjacent to an activating group) is 1. The van der Waals surface area contributed by atoms with Crippen molar-refractivity contribution in [3.8, 4) is 0 Å². The van der Waals surface area contributed by atoms with Crippen LogP contribution in [0.3, 0.4) is 0 Å². The summed E-state index contributed by atoms with van der Waals surface area (Å²) >= 11 is 3.54. The van der Waals surface area contributed by atoms with Crippen LogP contribution in [0.1, 0.15) is 30.7 Å². The van der Waals surface area contributed by atoms with Gasteiger partial charge in [-0.15, -0.1) is 0 Å². The van der Waals surface area contributed by atoms with Crippen molar-refractivity contribution in [3.63, 3.8) is 0 Å². The summed E-state index contributed by atoms with van der Waals surface area (Å²) in [4.78, 5) is 0. The summed E-state index contributed by atoms with van der Waals surface area (Å²) < 4.78 is 1.15. The van der Waals surface area contributed by atoms with E-state index < -0.39 is 0 Å². The number of nitrogens with one attached hydrogen (secondary N) is 1. The third-order valence-electron chi connectivity index (χ3n) is 3.53. The molecule has 0 aliphatic heterocycles. The Kier molecular flexibility index (Phi) is 3.70. The average molecular weight is 280 g/mol. The highest BCUT2D eigenvalue weighted by molar-refractivity contribution is 9.10. The summed E-state index contributed by atoms with van der Waals surface area (Å²) in [6.45, 7) is 4.16. The molecule has 0 amide bonds. The summed E-state index contributed by atoms with van der Waals surface area (Å²) in [5.74, 6) is 1.24. The van der Waals surface area contributed by atoms with E-state index in [2.05, 4.69) is 52.1 Å². The second-order valence-corrected chi connectivity index (χ2v) is 5.41. The summed E-state index contributed by atoms with van der Waals surface area (Å²) in [6, 6.07) is 8.60. The highest BCUT2D eigenvalue weighted by Crippen LogP contribution is 2.42. The Bertz CT molecular complexity index is 382. The number of hydrogen-bond acceptors (Lipinski definition) is 1. The van der Waals surface area contributed by atoms with Crippen LogP contribution >= 0.6 is 15.9 Å². The third kappa shape index (κ3) is 2.32. The van der Waals surface area contributed by atoms with E-state index in [0.29, 0.717) is 5.92 Å². The fourth-order valence-electron chi connectivity index (χ4n) is 2.39. The van der Waals surface area contributed by atoms with Gasteiger partial charge in [0.2, 0.25) is 0 Å². The molecule has 0 aromatic heterocycles. The molecule has 1 unspecified atom stereocenters. The number of allylic oxidation sites excluding steroid dienone is 1. The Morgan fingerprint density at radius 1 is 1.50 bits per heavy atom. The molecule has 0 bridgehead atoms. The molecule has 1 aromatic carbocycles. The fourth-order valence-corrected chi connectivity index (χ4v) is 2.80. The highest BCUT2D eigenvalue weighted by Gasteiger charge is 2.30. The molecule has 1 fully saturated rings. The molecular formula is C14H18BrN. The molecule has 0 spiro atoms. The SMILES string of the molecule is C=C(NC)C(c1cccc(Br)c1)C1CCC1. The fraction of sp³-hybridized carbons (Fsp3) is 0.429. The monoisotopic (exact) mass is 279 g/mol. The normalized spacial score (nSPS) is 17.6. The van der Waals surface area contributed by atoms with Crippen LogP contribution in [0, 0.1) is 5.92 Å². The van der Waals surface area contributed by atoms with Crippen molar-refractivity contribution in [2.45, 2.75) is 25.2 Å². The molecule has 2 rings (SSSR count). The lowest BCUT2D eigenvalue weighted by atomic mass is 9.72. The van der Waals surface area contributed by atoms with Crippen molar-refractivity contribution in [3.05, 3.63) is 46.6 Å². The standard InChI is InChI=1S/C14H18BrN/c1-10(16-2)14(11-5-3-6-11)12-7-4-8-13(15)9-12/h4,7-9,11,14,16H,1,3,5-6H2,2H3. The van der Waals surface area contributed by atoms with Crippen LogP contribution in [0.15, 0.2) is 41.0 Å². The summed E-state index contributed by atoms with van der Waals surface area (Å²) in [5.41, 5.74) is 2.52. The zero-order valence-corrected chi connectivity index (χ0v) is 11.3. The zero-order valence-electron chi connectivity index (χ0n) is 9.67. The predicted molar refractivity (Wildman–Crippen MR) is 72.4 cm³/mol. The average Bonchev–Trinajstić information content (AvgIpc) is 2.22. The van der Waals surface area contributed by atoms with Gasteiger partial charge in [-0.1, -0.05) is 41.1 Å². The van der Waals surface area contributed by atoms with Gasteiger partial charge in [0, 0.05) is 23.1 Å². The maximum Gasteiger partial charge on any atom is 0.0260 e. The van der Waals surface area contributed by atoms with Gasteiger partial charge in [-0.05, 0) is 36.5 Å². The first-order valence-corrected chi connectivity index (χ1v) is 6.63. The Hall–Kier alpha value is -0.760. The smallest absolute Gasteiger partial charge is 0.0260 e. The van der Waals surface area contributed by atoms with E-state index in [1.54, 1.807) is 0 Å². The van der Waals surface area contributed by atoms with Crippen molar-refractivity contribution >= 4 is 15.9 Å². The van der Waals surface area contributed by atoms with Crippen molar-refractivity contribution in [1.82, 2.24) is 5.32 Å². The highest BCUT2D eigenvalue weighted by atomic mass is 79.9. The molecule has 86 valence electrons. The maximum atomic E-state index is 4.16. The molecule has 0 heterocycles. The minimum absolute atomic E-state index is 0.469. The minimum atomic E-state index is 0.469. The van der Waals surface area contributed by atoms with Gasteiger partial charge in [0.15, 0.2) is 0 Å². The second-order valence-electron chi connectivity index (χ2n) is 4.50. The van der Waals surface area contributed by atoms with E-state index in [-0.39, 0.29) is 0 Å². The third-order valence-corrected chi connectivity index (χ3v) is 4.02. The van der Waals surface area contributed by atoms with Gasteiger partial charge in [-0.25, -0.2) is 0 Å². The Balaban J connectivity index is 2.27.